The summed E-state index contributed by atoms with van der Waals surface area (Å²) in [5.41, 5.74) is 0. The van der Waals surface area contributed by atoms with Gasteiger partial charge in [0.15, 0.2) is 0 Å². The van der Waals surface area contributed by atoms with Crippen molar-refractivity contribution in [2.24, 2.45) is 0 Å². The first-order valence-corrected chi connectivity index (χ1v) is 5.57. The van der Waals surface area contributed by atoms with Gasteiger partial charge in [0.2, 0.25) is 0 Å². The topological polar surface area (TPSA) is 38.7 Å². The van der Waals surface area contributed by atoms with Gasteiger partial charge < -0.3 is 15.3 Å². The molecule has 1 aliphatic rings. The SMILES string of the molecule is CNCCCN1CCN(CCO)CC1. The third-order valence-corrected chi connectivity index (χ3v) is 2.78. The van der Waals surface area contributed by atoms with E-state index in [0.29, 0.717) is 6.61 Å². The van der Waals surface area contributed by atoms with E-state index in [-0.39, 0.29) is 0 Å². The Morgan fingerprint density at radius 1 is 1.07 bits per heavy atom. The minimum atomic E-state index is 0.291. The first-order valence-electron chi connectivity index (χ1n) is 5.57. The molecule has 0 unspecified atom stereocenters. The number of nitrogens with one attached hydrogen (secondary N) is 1. The molecule has 1 fully saturated rings. The largest absolute Gasteiger partial charge is 0.395 e. The van der Waals surface area contributed by atoms with Crippen molar-refractivity contribution in [2.75, 3.05) is 59.5 Å². The Hall–Kier alpha value is -0.160. The molecule has 0 aromatic heterocycles. The summed E-state index contributed by atoms with van der Waals surface area (Å²) < 4.78 is 0. The quantitative estimate of drug-likeness (QED) is 0.552. The van der Waals surface area contributed by atoms with Crippen molar-refractivity contribution in [3.05, 3.63) is 0 Å². The lowest BCUT2D eigenvalue weighted by Gasteiger charge is -2.34. The second kappa shape index (κ2) is 7.17. The molecule has 0 radical (unpaired) electrons. The Bertz CT molecular complexity index is 135. The fraction of sp³-hybridized carbons (Fsp3) is 1.00. The van der Waals surface area contributed by atoms with E-state index in [1.165, 1.54) is 13.0 Å². The van der Waals surface area contributed by atoms with Crippen molar-refractivity contribution >= 4 is 0 Å². The van der Waals surface area contributed by atoms with Gasteiger partial charge in [0.1, 0.15) is 0 Å². The van der Waals surface area contributed by atoms with Gasteiger partial charge in [0, 0.05) is 32.7 Å². The van der Waals surface area contributed by atoms with Gasteiger partial charge in [-0.3, -0.25) is 4.90 Å². The summed E-state index contributed by atoms with van der Waals surface area (Å²) in [4.78, 5) is 4.83. The predicted octanol–water partition coefficient (Wildman–Crippen LogP) is -0.794. The van der Waals surface area contributed by atoms with Crippen LogP contribution in [0.4, 0.5) is 0 Å². The Morgan fingerprint density at radius 3 is 2.14 bits per heavy atom. The second-order valence-electron chi connectivity index (χ2n) is 3.86. The summed E-state index contributed by atoms with van der Waals surface area (Å²) in [5, 5.41) is 12.0. The van der Waals surface area contributed by atoms with Crippen LogP contribution in [0.3, 0.4) is 0 Å². The summed E-state index contributed by atoms with van der Waals surface area (Å²) in [6, 6.07) is 0. The van der Waals surface area contributed by atoms with Gasteiger partial charge in [-0.2, -0.15) is 0 Å². The molecule has 0 bridgehead atoms. The number of rotatable bonds is 6. The van der Waals surface area contributed by atoms with E-state index >= 15 is 0 Å². The third kappa shape index (κ3) is 4.37. The molecule has 2 N–H and O–H groups in total. The fourth-order valence-electron chi connectivity index (χ4n) is 1.86. The highest BCUT2D eigenvalue weighted by atomic mass is 16.3. The molecule has 0 amide bonds. The van der Waals surface area contributed by atoms with E-state index in [4.69, 9.17) is 5.11 Å². The standard InChI is InChI=1S/C10H23N3O/c1-11-3-2-4-12-5-7-13(8-6-12)9-10-14/h11,14H,2-10H2,1H3. The lowest BCUT2D eigenvalue weighted by atomic mass is 10.3. The molecule has 4 nitrogen and oxygen atoms in total. The normalized spacial score (nSPS) is 20.1. The van der Waals surface area contributed by atoms with E-state index in [1.54, 1.807) is 0 Å². The Labute approximate surface area is 86.9 Å². The van der Waals surface area contributed by atoms with Gasteiger partial charge in [-0.05, 0) is 26.6 Å². The Morgan fingerprint density at radius 2 is 1.64 bits per heavy atom. The van der Waals surface area contributed by atoms with E-state index < -0.39 is 0 Å². The number of aliphatic hydroxyl groups is 1. The van der Waals surface area contributed by atoms with Gasteiger partial charge in [0.05, 0.1) is 6.61 Å². The average molecular weight is 201 g/mol. The molecule has 4 heteroatoms. The molecule has 84 valence electrons. The molecule has 0 aromatic rings. The minimum absolute atomic E-state index is 0.291. The highest BCUT2D eigenvalue weighted by Gasteiger charge is 2.15. The number of hydrogen-bond acceptors (Lipinski definition) is 4. The molecule has 0 aliphatic carbocycles. The monoisotopic (exact) mass is 201 g/mol. The molecular weight excluding hydrogens is 178 g/mol. The number of aliphatic hydroxyl groups excluding tert-OH is 1. The van der Waals surface area contributed by atoms with Crippen LogP contribution in [0.25, 0.3) is 0 Å². The van der Waals surface area contributed by atoms with Crippen LogP contribution in [0.2, 0.25) is 0 Å². The number of nitrogens with zero attached hydrogens (tertiary/aromatic N) is 2. The summed E-state index contributed by atoms with van der Waals surface area (Å²) >= 11 is 0. The first kappa shape index (κ1) is 11.9. The maximum atomic E-state index is 8.79. The van der Waals surface area contributed by atoms with Crippen LogP contribution in [0.1, 0.15) is 6.42 Å². The fourth-order valence-corrected chi connectivity index (χ4v) is 1.86. The molecular formula is C10H23N3O. The van der Waals surface area contributed by atoms with Crippen LogP contribution in [0.5, 0.6) is 0 Å². The van der Waals surface area contributed by atoms with E-state index in [2.05, 4.69) is 15.1 Å². The van der Waals surface area contributed by atoms with Gasteiger partial charge in [0.25, 0.3) is 0 Å². The first-order chi connectivity index (χ1) is 6.86. The molecule has 0 saturated carbocycles. The van der Waals surface area contributed by atoms with Crippen molar-refractivity contribution in [1.29, 1.82) is 0 Å². The van der Waals surface area contributed by atoms with Gasteiger partial charge in [-0.15, -0.1) is 0 Å². The molecule has 1 rings (SSSR count). The molecule has 1 saturated heterocycles. The maximum Gasteiger partial charge on any atom is 0.0558 e. The zero-order chi connectivity index (χ0) is 10.2. The highest BCUT2D eigenvalue weighted by Crippen LogP contribution is 2.01. The molecule has 0 spiro atoms. The Kier molecular flexibility index (Phi) is 6.10. The zero-order valence-corrected chi connectivity index (χ0v) is 9.21. The average Bonchev–Trinajstić information content (AvgIpc) is 2.21. The maximum absolute atomic E-state index is 8.79. The van der Waals surface area contributed by atoms with Gasteiger partial charge in [-0.25, -0.2) is 0 Å². The van der Waals surface area contributed by atoms with Crippen molar-refractivity contribution in [3.63, 3.8) is 0 Å². The van der Waals surface area contributed by atoms with Crippen molar-refractivity contribution in [1.82, 2.24) is 15.1 Å². The summed E-state index contributed by atoms with van der Waals surface area (Å²) in [6.07, 6.45) is 1.23. The molecule has 1 aliphatic heterocycles. The molecule has 0 atom stereocenters. The third-order valence-electron chi connectivity index (χ3n) is 2.78. The van der Waals surface area contributed by atoms with E-state index in [0.717, 1.165) is 39.3 Å². The van der Waals surface area contributed by atoms with Crippen LogP contribution in [0.15, 0.2) is 0 Å². The number of piperazine rings is 1. The molecule has 1 heterocycles. The smallest absolute Gasteiger partial charge is 0.0558 e. The predicted molar refractivity (Wildman–Crippen MR) is 58.5 cm³/mol. The van der Waals surface area contributed by atoms with Crippen molar-refractivity contribution in [3.8, 4) is 0 Å². The lowest BCUT2D eigenvalue weighted by molar-refractivity contribution is 0.112. The highest BCUT2D eigenvalue weighted by molar-refractivity contribution is 4.71. The number of β-amino-alcohol motifs (C(OH)–C–C–N with tert-alkyl or cyclic N) is 1. The molecule has 0 aromatic carbocycles. The summed E-state index contributed by atoms with van der Waals surface area (Å²) in [7, 11) is 2.00. The Balaban J connectivity index is 2.03. The van der Waals surface area contributed by atoms with Crippen molar-refractivity contribution in [2.45, 2.75) is 6.42 Å². The lowest BCUT2D eigenvalue weighted by Crippen LogP contribution is -2.47. The van der Waals surface area contributed by atoms with Crippen LogP contribution in [-0.4, -0.2) is 74.4 Å². The number of hydrogen-bond donors (Lipinski definition) is 2. The van der Waals surface area contributed by atoms with Crippen molar-refractivity contribution < 1.29 is 5.11 Å². The minimum Gasteiger partial charge on any atom is -0.395 e. The summed E-state index contributed by atoms with van der Waals surface area (Å²) in [6.45, 7) is 7.97. The molecule has 14 heavy (non-hydrogen) atoms. The summed E-state index contributed by atoms with van der Waals surface area (Å²) in [5.74, 6) is 0. The van der Waals surface area contributed by atoms with Crippen LogP contribution in [0, 0.1) is 0 Å². The van der Waals surface area contributed by atoms with Crippen LogP contribution >= 0.6 is 0 Å². The van der Waals surface area contributed by atoms with Gasteiger partial charge in [-0.1, -0.05) is 0 Å². The van der Waals surface area contributed by atoms with Crippen LogP contribution in [-0.2, 0) is 0 Å². The van der Waals surface area contributed by atoms with Crippen LogP contribution < -0.4 is 5.32 Å². The van der Waals surface area contributed by atoms with Gasteiger partial charge >= 0.3 is 0 Å². The second-order valence-corrected chi connectivity index (χ2v) is 3.86. The zero-order valence-electron chi connectivity index (χ0n) is 9.21. The van der Waals surface area contributed by atoms with E-state index in [1.807, 2.05) is 7.05 Å². The van der Waals surface area contributed by atoms with E-state index in [9.17, 15) is 0 Å².